The first-order chi connectivity index (χ1) is 11.3. The molecule has 2 N–H and O–H groups in total. The van der Waals surface area contributed by atoms with Crippen molar-refractivity contribution in [2.45, 2.75) is 17.1 Å². The normalized spacial score (nSPS) is 20.4. The molecule has 114 valence electrons. The molecule has 1 heterocycles. The van der Waals surface area contributed by atoms with Crippen molar-refractivity contribution in [2.24, 2.45) is 5.73 Å². The molecule has 0 amide bonds. The Kier molecular flexibility index (Phi) is 3.69. The van der Waals surface area contributed by atoms with Gasteiger partial charge in [-0.2, -0.15) is 0 Å². The van der Waals surface area contributed by atoms with E-state index in [1.165, 1.54) is 16.0 Å². The Morgan fingerprint density at radius 1 is 0.783 bits per heavy atom. The summed E-state index contributed by atoms with van der Waals surface area (Å²) in [6.45, 7) is 0.797. The lowest BCUT2D eigenvalue weighted by Gasteiger charge is -2.35. The fourth-order valence-corrected chi connectivity index (χ4v) is 4.34. The molecule has 2 nitrogen and oxygen atoms in total. The second-order valence-corrected chi connectivity index (χ2v) is 6.81. The maximum absolute atomic E-state index is 6.99. The van der Waals surface area contributed by atoms with Gasteiger partial charge in [-0.3, -0.25) is 0 Å². The molecule has 0 saturated carbocycles. The summed E-state index contributed by atoms with van der Waals surface area (Å²) in [7, 11) is 0. The Labute approximate surface area is 141 Å². The van der Waals surface area contributed by atoms with Crippen molar-refractivity contribution in [3.05, 3.63) is 102 Å². The number of benzene rings is 3. The second kappa shape index (κ2) is 5.85. The van der Waals surface area contributed by atoms with Gasteiger partial charge in [0.15, 0.2) is 0 Å². The van der Waals surface area contributed by atoms with E-state index < -0.39 is 5.66 Å². The molecule has 0 radical (unpaired) electrons. The third kappa shape index (κ3) is 2.47. The van der Waals surface area contributed by atoms with Crippen LogP contribution in [0.3, 0.4) is 0 Å². The van der Waals surface area contributed by atoms with Gasteiger partial charge in [0.25, 0.3) is 0 Å². The van der Waals surface area contributed by atoms with Crippen LogP contribution in [-0.2, 0) is 12.2 Å². The SMILES string of the molecule is NC1(c2ccccc2)c2ccccc2SN1Cc1ccccc1. The van der Waals surface area contributed by atoms with Gasteiger partial charge in [0.05, 0.1) is 0 Å². The average molecular weight is 318 g/mol. The summed E-state index contributed by atoms with van der Waals surface area (Å²) in [5.74, 6) is 0. The van der Waals surface area contributed by atoms with Gasteiger partial charge in [-0.15, -0.1) is 0 Å². The number of rotatable bonds is 3. The van der Waals surface area contributed by atoms with Gasteiger partial charge in [0, 0.05) is 17.0 Å². The topological polar surface area (TPSA) is 29.3 Å². The zero-order valence-electron chi connectivity index (χ0n) is 12.7. The molecule has 0 fully saturated rings. The van der Waals surface area contributed by atoms with Crippen molar-refractivity contribution in [3.8, 4) is 0 Å². The van der Waals surface area contributed by atoms with Crippen molar-refractivity contribution in [3.63, 3.8) is 0 Å². The first-order valence-corrected chi connectivity index (χ1v) is 8.49. The van der Waals surface area contributed by atoms with Crippen molar-refractivity contribution in [1.82, 2.24) is 4.31 Å². The molecule has 0 saturated heterocycles. The van der Waals surface area contributed by atoms with Crippen molar-refractivity contribution >= 4 is 11.9 Å². The molecule has 3 aromatic carbocycles. The monoisotopic (exact) mass is 318 g/mol. The van der Waals surface area contributed by atoms with Gasteiger partial charge in [-0.05, 0) is 29.1 Å². The Hall–Kier alpha value is -2.07. The molecule has 0 aliphatic carbocycles. The number of fused-ring (bicyclic) bond motifs is 1. The molecule has 1 unspecified atom stereocenters. The molecule has 0 aromatic heterocycles. The maximum atomic E-state index is 6.99. The highest BCUT2D eigenvalue weighted by Gasteiger charge is 2.44. The van der Waals surface area contributed by atoms with E-state index in [1.807, 2.05) is 12.1 Å². The summed E-state index contributed by atoms with van der Waals surface area (Å²) < 4.78 is 2.28. The highest BCUT2D eigenvalue weighted by molar-refractivity contribution is 7.97. The summed E-state index contributed by atoms with van der Waals surface area (Å²) in [5.41, 5.74) is 9.93. The third-order valence-electron chi connectivity index (χ3n) is 4.28. The van der Waals surface area contributed by atoms with Crippen LogP contribution in [0.5, 0.6) is 0 Å². The minimum Gasteiger partial charge on any atom is -0.305 e. The van der Waals surface area contributed by atoms with Gasteiger partial charge in [0.1, 0.15) is 5.66 Å². The highest BCUT2D eigenvalue weighted by atomic mass is 32.2. The smallest absolute Gasteiger partial charge is 0.132 e. The van der Waals surface area contributed by atoms with Crippen molar-refractivity contribution < 1.29 is 0 Å². The van der Waals surface area contributed by atoms with Gasteiger partial charge < -0.3 is 5.73 Å². The summed E-state index contributed by atoms with van der Waals surface area (Å²) in [4.78, 5) is 1.23. The van der Waals surface area contributed by atoms with Crippen LogP contribution in [0.25, 0.3) is 0 Å². The predicted octanol–water partition coefficient (Wildman–Crippen LogP) is 4.37. The fourth-order valence-electron chi connectivity index (χ4n) is 3.08. The number of hydrogen-bond acceptors (Lipinski definition) is 3. The van der Waals surface area contributed by atoms with E-state index in [4.69, 9.17) is 5.73 Å². The van der Waals surface area contributed by atoms with E-state index in [0.29, 0.717) is 0 Å². The van der Waals surface area contributed by atoms with Crippen molar-refractivity contribution in [2.75, 3.05) is 0 Å². The average Bonchev–Trinajstić information content (AvgIpc) is 2.90. The Morgan fingerprint density at radius 2 is 1.39 bits per heavy atom. The lowest BCUT2D eigenvalue weighted by molar-refractivity contribution is 0.266. The first-order valence-electron chi connectivity index (χ1n) is 7.72. The zero-order valence-corrected chi connectivity index (χ0v) is 13.5. The standard InChI is InChI=1S/C20H18N2S/c21-20(17-11-5-2-6-12-17)18-13-7-8-14-19(18)23-22(20)15-16-9-3-1-4-10-16/h1-14H,15,21H2. The van der Waals surface area contributed by atoms with E-state index in [0.717, 1.165) is 12.1 Å². The predicted molar refractivity (Wildman–Crippen MR) is 95.7 cm³/mol. The fraction of sp³-hybridized carbons (Fsp3) is 0.100. The lowest BCUT2D eigenvalue weighted by Crippen LogP contribution is -2.47. The number of nitrogens with zero attached hydrogens (tertiary/aromatic N) is 1. The minimum absolute atomic E-state index is 0.613. The van der Waals surface area contributed by atoms with Crippen LogP contribution in [-0.4, -0.2) is 4.31 Å². The van der Waals surface area contributed by atoms with Crippen LogP contribution in [0.2, 0.25) is 0 Å². The second-order valence-electron chi connectivity index (χ2n) is 5.74. The molecule has 23 heavy (non-hydrogen) atoms. The molecule has 1 aliphatic rings. The van der Waals surface area contributed by atoms with Gasteiger partial charge in [-0.1, -0.05) is 78.9 Å². The number of hydrogen-bond donors (Lipinski definition) is 1. The summed E-state index contributed by atoms with van der Waals surface area (Å²) >= 11 is 1.74. The van der Waals surface area contributed by atoms with Gasteiger partial charge >= 0.3 is 0 Å². The molecular weight excluding hydrogens is 300 g/mol. The summed E-state index contributed by atoms with van der Waals surface area (Å²) in [6, 6.07) is 29.3. The molecule has 4 rings (SSSR count). The van der Waals surface area contributed by atoms with E-state index in [2.05, 4.69) is 77.1 Å². The van der Waals surface area contributed by atoms with Crippen LogP contribution >= 0.6 is 11.9 Å². The third-order valence-corrected chi connectivity index (χ3v) is 5.47. The molecule has 3 aromatic rings. The van der Waals surface area contributed by atoms with Gasteiger partial charge in [0.2, 0.25) is 0 Å². The first kappa shape index (κ1) is 14.5. The zero-order chi connectivity index (χ0) is 15.7. The highest BCUT2D eigenvalue weighted by Crippen LogP contribution is 2.49. The maximum Gasteiger partial charge on any atom is 0.132 e. The summed E-state index contributed by atoms with van der Waals surface area (Å²) in [5, 5.41) is 0. The van der Waals surface area contributed by atoms with E-state index in [1.54, 1.807) is 11.9 Å². The van der Waals surface area contributed by atoms with Crippen LogP contribution in [0, 0.1) is 0 Å². The van der Waals surface area contributed by atoms with Crippen LogP contribution in [0.4, 0.5) is 0 Å². The largest absolute Gasteiger partial charge is 0.305 e. The summed E-state index contributed by atoms with van der Waals surface area (Å²) in [6.07, 6.45) is 0. The Bertz CT molecular complexity index is 804. The molecule has 3 heteroatoms. The quantitative estimate of drug-likeness (QED) is 0.727. The molecule has 0 spiro atoms. The molecular formula is C20H18N2S. The number of nitrogens with two attached hydrogens (primary N) is 1. The molecule has 1 atom stereocenters. The molecule has 0 bridgehead atoms. The van der Waals surface area contributed by atoms with E-state index in [9.17, 15) is 0 Å². The van der Waals surface area contributed by atoms with E-state index >= 15 is 0 Å². The van der Waals surface area contributed by atoms with Crippen LogP contribution < -0.4 is 5.73 Å². The Morgan fingerprint density at radius 3 is 2.13 bits per heavy atom. The minimum atomic E-state index is -0.613. The van der Waals surface area contributed by atoms with Gasteiger partial charge in [-0.25, -0.2) is 4.31 Å². The Balaban J connectivity index is 1.80. The van der Waals surface area contributed by atoms with Crippen LogP contribution in [0.15, 0.2) is 89.8 Å². The van der Waals surface area contributed by atoms with E-state index in [-0.39, 0.29) is 0 Å². The molecule has 1 aliphatic heterocycles. The van der Waals surface area contributed by atoms with Crippen molar-refractivity contribution in [1.29, 1.82) is 0 Å². The lowest BCUT2D eigenvalue weighted by atomic mass is 9.91. The van der Waals surface area contributed by atoms with Crippen LogP contribution in [0.1, 0.15) is 16.7 Å².